The molecule has 0 aliphatic heterocycles. The number of rotatable bonds is 6. The smallest absolute Gasteiger partial charge is 0.341 e. The van der Waals surface area contributed by atoms with E-state index in [0.717, 1.165) is 0 Å². The first kappa shape index (κ1) is 19.2. The van der Waals surface area contributed by atoms with Crippen LogP contribution in [0.3, 0.4) is 0 Å². The Morgan fingerprint density at radius 2 is 1.79 bits per heavy atom. The lowest BCUT2D eigenvalue weighted by atomic mass is 10.1. The minimum absolute atomic E-state index is 0.155. The van der Waals surface area contributed by atoms with Gasteiger partial charge < -0.3 is 14.6 Å². The van der Waals surface area contributed by atoms with Crippen molar-refractivity contribution in [2.75, 3.05) is 13.7 Å². The number of carbonyl (C=O) groups is 3. The molecule has 0 radical (unpaired) electrons. The number of carbonyl (C=O) groups excluding carboxylic acids is 2. The zero-order valence-corrected chi connectivity index (χ0v) is 15.5. The molecule has 2 aromatic carbocycles. The van der Waals surface area contributed by atoms with Gasteiger partial charge in [0.05, 0.1) is 19.0 Å². The van der Waals surface area contributed by atoms with Crippen LogP contribution in [-0.4, -0.2) is 41.2 Å². The average molecular weight is 381 g/mol. The second kappa shape index (κ2) is 7.96. The second-order valence-corrected chi connectivity index (χ2v) is 6.18. The molecule has 0 saturated carbocycles. The molecule has 1 N–H and O–H groups in total. The molecule has 0 saturated heterocycles. The van der Waals surface area contributed by atoms with Gasteiger partial charge in [-0.1, -0.05) is 18.2 Å². The van der Waals surface area contributed by atoms with Crippen molar-refractivity contribution in [2.45, 2.75) is 13.3 Å². The van der Waals surface area contributed by atoms with Crippen molar-refractivity contribution in [3.8, 4) is 5.75 Å². The van der Waals surface area contributed by atoms with Crippen molar-refractivity contribution in [1.82, 2.24) is 4.57 Å². The normalized spacial score (nSPS) is 10.6. The number of ether oxygens (including phenoxy) is 2. The molecule has 0 unspecified atom stereocenters. The summed E-state index contributed by atoms with van der Waals surface area (Å²) in [7, 11) is 1.53. The van der Waals surface area contributed by atoms with Gasteiger partial charge in [0.15, 0.2) is 6.61 Å². The fourth-order valence-electron chi connectivity index (χ4n) is 3.12. The third kappa shape index (κ3) is 3.73. The topological polar surface area (TPSA) is 94.8 Å². The molecule has 1 heterocycles. The van der Waals surface area contributed by atoms with Gasteiger partial charge >= 0.3 is 11.9 Å². The summed E-state index contributed by atoms with van der Waals surface area (Å²) in [6, 6.07) is 14.1. The lowest BCUT2D eigenvalue weighted by molar-refractivity contribution is -0.154. The van der Waals surface area contributed by atoms with Gasteiger partial charge in [0, 0.05) is 16.6 Å². The zero-order valence-electron chi connectivity index (χ0n) is 15.5. The predicted octanol–water partition coefficient (Wildman–Crippen LogP) is 2.82. The first-order chi connectivity index (χ1) is 13.4. The summed E-state index contributed by atoms with van der Waals surface area (Å²) in [6.45, 7) is 1.04. The van der Waals surface area contributed by atoms with Crippen molar-refractivity contribution in [1.29, 1.82) is 0 Å². The number of aliphatic carboxylic acids is 1. The molecule has 28 heavy (non-hydrogen) atoms. The van der Waals surface area contributed by atoms with Crippen LogP contribution in [0.15, 0.2) is 48.5 Å². The summed E-state index contributed by atoms with van der Waals surface area (Å²) >= 11 is 0. The maximum absolute atomic E-state index is 13.1. The van der Waals surface area contributed by atoms with Crippen molar-refractivity contribution in [2.24, 2.45) is 0 Å². The van der Waals surface area contributed by atoms with E-state index in [2.05, 4.69) is 0 Å². The minimum Gasteiger partial charge on any atom is -0.497 e. The summed E-state index contributed by atoms with van der Waals surface area (Å²) in [4.78, 5) is 35.8. The Bertz CT molecular complexity index is 1050. The number of esters is 1. The summed E-state index contributed by atoms with van der Waals surface area (Å²) < 4.78 is 11.6. The standard InChI is InChI=1S/C21H19NO6/c1-13-16(11-20(25)28-12-19(23)24)17-10-15(27-2)8-9-18(17)22(13)21(26)14-6-4-3-5-7-14/h3-10H,11-12H2,1-2H3,(H,23,24). The van der Waals surface area contributed by atoms with Crippen LogP contribution in [0.5, 0.6) is 5.75 Å². The van der Waals surface area contributed by atoms with Crippen LogP contribution in [0.4, 0.5) is 0 Å². The number of nitrogens with zero attached hydrogens (tertiary/aromatic N) is 1. The SMILES string of the molecule is COc1ccc2c(c1)c(CC(=O)OCC(=O)O)c(C)n2C(=O)c1ccccc1. The third-order valence-electron chi connectivity index (χ3n) is 4.44. The van der Waals surface area contributed by atoms with E-state index < -0.39 is 18.5 Å². The first-order valence-electron chi connectivity index (χ1n) is 8.57. The van der Waals surface area contributed by atoms with Crippen LogP contribution in [-0.2, 0) is 20.7 Å². The van der Waals surface area contributed by atoms with Gasteiger partial charge in [-0.05, 0) is 42.8 Å². The predicted molar refractivity (Wildman–Crippen MR) is 102 cm³/mol. The summed E-state index contributed by atoms with van der Waals surface area (Å²) in [5, 5.41) is 9.36. The minimum atomic E-state index is -1.23. The van der Waals surface area contributed by atoms with Gasteiger partial charge in [-0.25, -0.2) is 4.79 Å². The fourth-order valence-corrected chi connectivity index (χ4v) is 3.12. The number of methoxy groups -OCH3 is 1. The van der Waals surface area contributed by atoms with E-state index in [-0.39, 0.29) is 12.3 Å². The molecule has 7 nitrogen and oxygen atoms in total. The highest BCUT2D eigenvalue weighted by atomic mass is 16.5. The number of fused-ring (bicyclic) bond motifs is 1. The maximum atomic E-state index is 13.1. The molecule has 144 valence electrons. The van der Waals surface area contributed by atoms with Crippen LogP contribution in [0.1, 0.15) is 21.6 Å². The maximum Gasteiger partial charge on any atom is 0.341 e. The van der Waals surface area contributed by atoms with Crippen LogP contribution in [0.2, 0.25) is 0 Å². The van der Waals surface area contributed by atoms with E-state index >= 15 is 0 Å². The first-order valence-corrected chi connectivity index (χ1v) is 8.57. The summed E-state index contributed by atoms with van der Waals surface area (Å²) in [6.07, 6.45) is -0.155. The highest BCUT2D eigenvalue weighted by Gasteiger charge is 2.22. The number of hydrogen-bond donors (Lipinski definition) is 1. The lowest BCUT2D eigenvalue weighted by Gasteiger charge is -2.08. The molecule has 0 aliphatic rings. The Morgan fingerprint density at radius 3 is 2.43 bits per heavy atom. The van der Waals surface area contributed by atoms with Gasteiger partial charge in [0.25, 0.3) is 5.91 Å². The van der Waals surface area contributed by atoms with Crippen molar-refractivity contribution < 1.29 is 29.0 Å². The molecule has 3 aromatic rings. The van der Waals surface area contributed by atoms with E-state index in [9.17, 15) is 14.4 Å². The molecule has 0 spiro atoms. The second-order valence-electron chi connectivity index (χ2n) is 6.18. The molecule has 0 atom stereocenters. The Morgan fingerprint density at radius 1 is 1.07 bits per heavy atom. The Balaban J connectivity index is 2.09. The van der Waals surface area contributed by atoms with Crippen LogP contribution < -0.4 is 4.74 Å². The third-order valence-corrected chi connectivity index (χ3v) is 4.44. The number of hydrogen-bond acceptors (Lipinski definition) is 5. The molecule has 1 aromatic heterocycles. The fraction of sp³-hybridized carbons (Fsp3) is 0.190. The number of benzene rings is 2. The van der Waals surface area contributed by atoms with Gasteiger partial charge in [-0.15, -0.1) is 0 Å². The van der Waals surface area contributed by atoms with E-state index in [1.165, 1.54) is 7.11 Å². The van der Waals surface area contributed by atoms with Gasteiger partial charge in [-0.3, -0.25) is 14.2 Å². The Labute approximate surface area is 161 Å². The monoisotopic (exact) mass is 381 g/mol. The molecular formula is C21H19NO6. The molecule has 0 amide bonds. The van der Waals surface area contributed by atoms with E-state index in [1.807, 2.05) is 6.07 Å². The van der Waals surface area contributed by atoms with Crippen molar-refractivity contribution in [3.05, 3.63) is 65.4 Å². The molecule has 0 bridgehead atoms. The molecule has 7 heteroatoms. The average Bonchev–Trinajstić information content (AvgIpc) is 2.97. The zero-order chi connectivity index (χ0) is 20.3. The highest BCUT2D eigenvalue weighted by molar-refractivity contribution is 6.05. The molecule has 0 fully saturated rings. The Kier molecular flexibility index (Phi) is 5.44. The van der Waals surface area contributed by atoms with E-state index in [1.54, 1.807) is 54.0 Å². The van der Waals surface area contributed by atoms with Crippen LogP contribution >= 0.6 is 0 Å². The molecule has 3 rings (SSSR count). The Hall–Kier alpha value is -3.61. The van der Waals surface area contributed by atoms with E-state index in [4.69, 9.17) is 14.6 Å². The quantitative estimate of drug-likeness (QED) is 0.660. The van der Waals surface area contributed by atoms with Gasteiger partial charge in [0.2, 0.25) is 0 Å². The van der Waals surface area contributed by atoms with Crippen molar-refractivity contribution in [3.63, 3.8) is 0 Å². The number of aromatic nitrogens is 1. The molecule has 0 aliphatic carbocycles. The lowest BCUT2D eigenvalue weighted by Crippen LogP contribution is -2.16. The summed E-state index contributed by atoms with van der Waals surface area (Å²) in [5.74, 6) is -1.55. The van der Waals surface area contributed by atoms with Crippen LogP contribution in [0.25, 0.3) is 10.9 Å². The largest absolute Gasteiger partial charge is 0.497 e. The van der Waals surface area contributed by atoms with Gasteiger partial charge in [0.1, 0.15) is 5.75 Å². The number of carboxylic acids is 1. The highest BCUT2D eigenvalue weighted by Crippen LogP contribution is 2.30. The van der Waals surface area contributed by atoms with Crippen molar-refractivity contribution >= 4 is 28.7 Å². The molecular weight excluding hydrogens is 362 g/mol. The van der Waals surface area contributed by atoms with E-state index in [0.29, 0.717) is 33.5 Å². The number of carboxylic acid groups (broad SMARTS) is 1. The van der Waals surface area contributed by atoms with Crippen LogP contribution in [0, 0.1) is 6.92 Å². The van der Waals surface area contributed by atoms with Gasteiger partial charge in [-0.2, -0.15) is 0 Å². The summed E-state index contributed by atoms with van der Waals surface area (Å²) in [5.41, 5.74) is 2.32.